The molecule has 0 rings (SSSR count). The van der Waals surface area contributed by atoms with Crippen LogP contribution in [0.5, 0.6) is 0 Å². The first-order valence-corrected chi connectivity index (χ1v) is 5.74. The number of rotatable bonds is 4. The molecule has 0 amide bonds. The van der Waals surface area contributed by atoms with E-state index in [1.165, 1.54) is 0 Å². The van der Waals surface area contributed by atoms with Crippen molar-refractivity contribution in [1.82, 2.24) is 0 Å². The van der Waals surface area contributed by atoms with E-state index in [-0.39, 0.29) is 12.8 Å². The molecule has 0 aromatic heterocycles. The Balaban J connectivity index is 0. The zero-order valence-corrected chi connectivity index (χ0v) is 11.7. The van der Waals surface area contributed by atoms with E-state index in [0.29, 0.717) is 0 Å². The summed E-state index contributed by atoms with van der Waals surface area (Å²) in [6, 6.07) is 0. The smallest absolute Gasteiger partial charge is 0.321 e. The van der Waals surface area contributed by atoms with E-state index in [0.717, 1.165) is 0 Å². The first-order chi connectivity index (χ1) is 7.01. The molecule has 16 heavy (non-hydrogen) atoms. The topological polar surface area (TPSA) is 74.6 Å². The summed E-state index contributed by atoms with van der Waals surface area (Å²) in [6.07, 6.45) is 0.238. The van der Waals surface area contributed by atoms with Crippen LogP contribution in [0.1, 0.15) is 26.7 Å². The number of hydrogen-bond acceptors (Lipinski definition) is 2. The second kappa shape index (κ2) is 7.43. The van der Waals surface area contributed by atoms with E-state index in [1.807, 2.05) is 0 Å². The van der Waals surface area contributed by atoms with Crippen molar-refractivity contribution in [1.29, 1.82) is 0 Å². The second-order valence-electron chi connectivity index (χ2n) is 2.83. The molecule has 0 spiro atoms. The summed E-state index contributed by atoms with van der Waals surface area (Å²) in [7, 11) is 0. The van der Waals surface area contributed by atoms with Gasteiger partial charge in [0.1, 0.15) is 0 Å². The Bertz CT molecular complexity index is 223. The fourth-order valence-corrected chi connectivity index (χ4v) is 0.946. The van der Waals surface area contributed by atoms with Crippen LogP contribution in [0.4, 0.5) is 0 Å². The van der Waals surface area contributed by atoms with Gasteiger partial charge in [-0.3, -0.25) is 9.59 Å². The van der Waals surface area contributed by atoms with Crippen molar-refractivity contribution in [3.8, 4) is 0 Å². The number of aliphatic carboxylic acids is 2. The van der Waals surface area contributed by atoms with Gasteiger partial charge >= 0.3 is 11.9 Å². The lowest BCUT2D eigenvalue weighted by Crippen LogP contribution is -2.38. The standard InChI is InChI=1S/C7H12O4.CCl4/c1-3-7(4-2,5(8)9)6(10)11;2-1(3,4)5/h3-4H2,1-2H3,(H,8,9)(H,10,11);. The molecular weight excluding hydrogens is 302 g/mol. The summed E-state index contributed by atoms with van der Waals surface area (Å²) < 4.78 is -1.61. The third kappa shape index (κ3) is 7.39. The summed E-state index contributed by atoms with van der Waals surface area (Å²) in [4.78, 5) is 21.1. The maximum Gasteiger partial charge on any atom is 0.321 e. The van der Waals surface area contributed by atoms with Crippen molar-refractivity contribution >= 4 is 58.3 Å². The highest BCUT2D eigenvalue weighted by Crippen LogP contribution is 2.29. The Morgan fingerprint density at radius 2 is 1.12 bits per heavy atom. The Kier molecular flexibility index (Phi) is 8.58. The Morgan fingerprint density at radius 1 is 0.938 bits per heavy atom. The van der Waals surface area contributed by atoms with E-state index in [9.17, 15) is 9.59 Å². The SMILES string of the molecule is CCC(CC)(C(=O)O)C(=O)O.ClC(Cl)(Cl)Cl. The van der Waals surface area contributed by atoms with Crippen molar-refractivity contribution in [2.45, 2.75) is 29.9 Å². The molecule has 0 unspecified atom stereocenters. The molecule has 0 fully saturated rings. The molecule has 0 aromatic carbocycles. The van der Waals surface area contributed by atoms with Gasteiger partial charge in [0.05, 0.1) is 0 Å². The van der Waals surface area contributed by atoms with Gasteiger partial charge in [-0.2, -0.15) is 0 Å². The quantitative estimate of drug-likeness (QED) is 0.615. The third-order valence-corrected chi connectivity index (χ3v) is 2.03. The zero-order chi connectivity index (χ0) is 13.6. The van der Waals surface area contributed by atoms with Gasteiger partial charge in [-0.25, -0.2) is 0 Å². The van der Waals surface area contributed by atoms with Crippen LogP contribution in [0.15, 0.2) is 0 Å². The molecule has 2 N–H and O–H groups in total. The molecular formula is C8H12Cl4O4. The molecule has 0 saturated heterocycles. The maximum absolute atomic E-state index is 10.5. The zero-order valence-electron chi connectivity index (χ0n) is 8.64. The Morgan fingerprint density at radius 3 is 1.12 bits per heavy atom. The predicted molar refractivity (Wildman–Crippen MR) is 64.4 cm³/mol. The first kappa shape index (κ1) is 18.5. The van der Waals surface area contributed by atoms with E-state index < -0.39 is 20.6 Å². The average molecular weight is 314 g/mol. The van der Waals surface area contributed by atoms with Gasteiger partial charge in [0.15, 0.2) is 5.41 Å². The van der Waals surface area contributed by atoms with Crippen LogP contribution < -0.4 is 0 Å². The first-order valence-electron chi connectivity index (χ1n) is 4.23. The van der Waals surface area contributed by atoms with Crippen LogP contribution in [-0.2, 0) is 9.59 Å². The van der Waals surface area contributed by atoms with Gasteiger partial charge in [-0.1, -0.05) is 60.3 Å². The molecule has 0 aliphatic heterocycles. The molecule has 0 aliphatic rings. The minimum atomic E-state index is -1.61. The van der Waals surface area contributed by atoms with Crippen molar-refractivity contribution < 1.29 is 19.8 Å². The number of carbonyl (C=O) groups is 2. The minimum Gasteiger partial charge on any atom is -0.480 e. The van der Waals surface area contributed by atoms with Gasteiger partial charge in [0.25, 0.3) is 3.25 Å². The highest BCUT2D eigenvalue weighted by molar-refractivity contribution is 6.83. The van der Waals surface area contributed by atoms with Crippen LogP contribution in [0.2, 0.25) is 0 Å². The highest BCUT2D eigenvalue weighted by Gasteiger charge is 2.42. The molecule has 8 heteroatoms. The molecule has 0 saturated carbocycles. The summed E-state index contributed by atoms with van der Waals surface area (Å²) in [5, 5.41) is 17.2. The highest BCUT2D eigenvalue weighted by atomic mass is 35.6. The van der Waals surface area contributed by atoms with Gasteiger partial charge in [-0.05, 0) is 12.8 Å². The lowest BCUT2D eigenvalue weighted by molar-refractivity contribution is -0.165. The van der Waals surface area contributed by atoms with E-state index in [1.54, 1.807) is 13.8 Å². The summed E-state index contributed by atoms with van der Waals surface area (Å²) in [6.45, 7) is 3.12. The number of alkyl halides is 4. The van der Waals surface area contributed by atoms with E-state index in [2.05, 4.69) is 0 Å². The summed E-state index contributed by atoms with van der Waals surface area (Å²) >= 11 is 19.3. The largest absolute Gasteiger partial charge is 0.480 e. The lowest BCUT2D eigenvalue weighted by atomic mass is 9.83. The van der Waals surface area contributed by atoms with E-state index >= 15 is 0 Å². The normalized spacial score (nSPS) is 11.4. The monoisotopic (exact) mass is 312 g/mol. The van der Waals surface area contributed by atoms with Gasteiger partial charge < -0.3 is 10.2 Å². The Hall–Kier alpha value is 0.1000. The van der Waals surface area contributed by atoms with Crippen LogP contribution >= 0.6 is 46.4 Å². The minimum absolute atomic E-state index is 0.119. The fraction of sp³-hybridized carbons (Fsp3) is 0.750. The van der Waals surface area contributed by atoms with E-state index in [4.69, 9.17) is 56.6 Å². The Labute approximate surface area is 113 Å². The maximum atomic E-state index is 10.5. The molecule has 0 aliphatic carbocycles. The van der Waals surface area contributed by atoms with Crippen LogP contribution in [-0.4, -0.2) is 25.4 Å². The van der Waals surface area contributed by atoms with Crippen molar-refractivity contribution in [3.63, 3.8) is 0 Å². The number of halogens is 4. The number of carboxylic acids is 2. The van der Waals surface area contributed by atoms with Crippen molar-refractivity contribution in [2.24, 2.45) is 5.41 Å². The second-order valence-corrected chi connectivity index (χ2v) is 6.26. The van der Waals surface area contributed by atoms with Gasteiger partial charge in [-0.15, -0.1) is 0 Å². The van der Waals surface area contributed by atoms with Gasteiger partial charge in [0, 0.05) is 0 Å². The molecule has 0 heterocycles. The molecule has 4 nitrogen and oxygen atoms in total. The van der Waals surface area contributed by atoms with Crippen LogP contribution in [0.3, 0.4) is 0 Å². The molecule has 0 bridgehead atoms. The number of carboxylic acid groups (broad SMARTS) is 2. The van der Waals surface area contributed by atoms with Crippen LogP contribution in [0, 0.1) is 5.41 Å². The molecule has 96 valence electrons. The molecule has 0 aromatic rings. The van der Waals surface area contributed by atoms with Crippen LogP contribution in [0.25, 0.3) is 0 Å². The van der Waals surface area contributed by atoms with Gasteiger partial charge in [0.2, 0.25) is 0 Å². The van der Waals surface area contributed by atoms with Crippen molar-refractivity contribution in [2.75, 3.05) is 0 Å². The average Bonchev–Trinajstić information content (AvgIpc) is 2.02. The summed E-state index contributed by atoms with van der Waals surface area (Å²) in [5.74, 6) is -2.51. The molecule has 0 atom stereocenters. The lowest BCUT2D eigenvalue weighted by Gasteiger charge is -2.20. The number of hydrogen-bond donors (Lipinski definition) is 2. The van der Waals surface area contributed by atoms with Crippen molar-refractivity contribution in [3.05, 3.63) is 0 Å². The predicted octanol–water partition coefficient (Wildman–Crippen LogP) is 3.51. The third-order valence-electron chi connectivity index (χ3n) is 2.03. The fourth-order valence-electron chi connectivity index (χ4n) is 0.946. The summed E-state index contributed by atoms with van der Waals surface area (Å²) in [5.41, 5.74) is -1.58. The molecule has 0 radical (unpaired) electrons.